The lowest BCUT2D eigenvalue weighted by Crippen LogP contribution is -2.25. The molecule has 19 heavy (non-hydrogen) atoms. The molecule has 0 spiro atoms. The van der Waals surface area contributed by atoms with Crippen LogP contribution in [-0.2, 0) is 4.79 Å². The lowest BCUT2D eigenvalue weighted by atomic mass is 10.2. The van der Waals surface area contributed by atoms with Gasteiger partial charge in [0.2, 0.25) is 5.91 Å². The Morgan fingerprint density at radius 2 is 2.05 bits per heavy atom. The topological polar surface area (TPSA) is 66.9 Å². The molecule has 0 radical (unpaired) electrons. The highest BCUT2D eigenvalue weighted by molar-refractivity contribution is 6.30. The van der Waals surface area contributed by atoms with Crippen LogP contribution in [0.2, 0.25) is 5.15 Å². The summed E-state index contributed by atoms with van der Waals surface area (Å²) in [4.78, 5) is 11.5. The van der Waals surface area contributed by atoms with Crippen molar-refractivity contribution in [2.75, 3.05) is 11.9 Å². The SMILES string of the molecule is Cc1c(Cl)nnc(NCCCC(=O)NC2CC2)c1C. The summed E-state index contributed by atoms with van der Waals surface area (Å²) in [5, 5.41) is 14.5. The first-order chi connectivity index (χ1) is 9.08. The van der Waals surface area contributed by atoms with Crippen molar-refractivity contribution in [2.45, 2.75) is 45.6 Å². The molecule has 1 aliphatic carbocycles. The molecule has 0 aliphatic heterocycles. The Morgan fingerprint density at radius 1 is 1.32 bits per heavy atom. The summed E-state index contributed by atoms with van der Waals surface area (Å²) < 4.78 is 0. The molecule has 0 saturated heterocycles. The molecule has 0 atom stereocenters. The van der Waals surface area contributed by atoms with Crippen molar-refractivity contribution in [3.63, 3.8) is 0 Å². The number of rotatable bonds is 6. The third kappa shape index (κ3) is 4.06. The zero-order valence-corrected chi connectivity index (χ0v) is 12.0. The number of amides is 1. The van der Waals surface area contributed by atoms with Crippen LogP contribution in [0.4, 0.5) is 5.82 Å². The smallest absolute Gasteiger partial charge is 0.220 e. The predicted molar refractivity (Wildman–Crippen MR) is 75.4 cm³/mol. The van der Waals surface area contributed by atoms with Crippen molar-refractivity contribution in [3.05, 3.63) is 16.3 Å². The van der Waals surface area contributed by atoms with Gasteiger partial charge in [-0.25, -0.2) is 0 Å². The van der Waals surface area contributed by atoms with Gasteiger partial charge in [0.1, 0.15) is 0 Å². The van der Waals surface area contributed by atoms with E-state index < -0.39 is 0 Å². The lowest BCUT2D eigenvalue weighted by Gasteiger charge is -2.10. The van der Waals surface area contributed by atoms with Gasteiger partial charge < -0.3 is 10.6 Å². The van der Waals surface area contributed by atoms with Gasteiger partial charge in [-0.15, -0.1) is 10.2 Å². The second-order valence-corrected chi connectivity index (χ2v) is 5.32. The summed E-state index contributed by atoms with van der Waals surface area (Å²) in [7, 11) is 0. The molecule has 104 valence electrons. The number of nitrogens with one attached hydrogen (secondary N) is 2. The zero-order valence-electron chi connectivity index (χ0n) is 11.3. The van der Waals surface area contributed by atoms with Crippen LogP contribution in [0.5, 0.6) is 0 Å². The van der Waals surface area contributed by atoms with Gasteiger partial charge in [-0.05, 0) is 44.2 Å². The molecule has 0 aromatic carbocycles. The molecule has 1 amide bonds. The number of hydrogen-bond donors (Lipinski definition) is 2. The third-order valence-electron chi connectivity index (χ3n) is 3.28. The molecule has 1 aromatic heterocycles. The maximum Gasteiger partial charge on any atom is 0.220 e. The normalized spacial score (nSPS) is 14.3. The van der Waals surface area contributed by atoms with Gasteiger partial charge in [0.25, 0.3) is 0 Å². The van der Waals surface area contributed by atoms with Gasteiger partial charge in [0, 0.05) is 19.0 Å². The van der Waals surface area contributed by atoms with Crippen LogP contribution in [0.3, 0.4) is 0 Å². The Hall–Kier alpha value is -1.36. The Bertz CT molecular complexity index is 474. The molecule has 1 fully saturated rings. The molecule has 6 heteroatoms. The van der Waals surface area contributed by atoms with E-state index in [1.54, 1.807) is 0 Å². The maximum absolute atomic E-state index is 11.5. The first-order valence-corrected chi connectivity index (χ1v) is 6.98. The van der Waals surface area contributed by atoms with Crippen LogP contribution < -0.4 is 10.6 Å². The predicted octanol–water partition coefficient (Wildman–Crippen LogP) is 2.22. The van der Waals surface area contributed by atoms with E-state index in [0.717, 1.165) is 36.2 Å². The fourth-order valence-electron chi connectivity index (χ4n) is 1.73. The number of anilines is 1. The second kappa shape index (κ2) is 6.19. The van der Waals surface area contributed by atoms with Crippen LogP contribution in [0.25, 0.3) is 0 Å². The summed E-state index contributed by atoms with van der Waals surface area (Å²) >= 11 is 5.89. The van der Waals surface area contributed by atoms with Crippen LogP contribution in [0, 0.1) is 13.8 Å². The quantitative estimate of drug-likeness (QED) is 0.785. The summed E-state index contributed by atoms with van der Waals surface area (Å²) in [6.45, 7) is 4.58. The molecule has 2 rings (SSSR count). The van der Waals surface area contributed by atoms with E-state index in [0.29, 0.717) is 24.2 Å². The fourth-order valence-corrected chi connectivity index (χ4v) is 1.91. The second-order valence-electron chi connectivity index (χ2n) is 4.96. The summed E-state index contributed by atoms with van der Waals surface area (Å²) in [5.41, 5.74) is 1.94. The summed E-state index contributed by atoms with van der Waals surface area (Å²) in [5.74, 6) is 0.879. The Morgan fingerprint density at radius 3 is 2.74 bits per heavy atom. The van der Waals surface area contributed by atoms with Crippen LogP contribution in [-0.4, -0.2) is 28.7 Å². The van der Waals surface area contributed by atoms with Gasteiger partial charge in [0.15, 0.2) is 11.0 Å². The number of halogens is 1. The molecule has 5 nitrogen and oxygen atoms in total. The van der Waals surface area contributed by atoms with Crippen molar-refractivity contribution in [2.24, 2.45) is 0 Å². The van der Waals surface area contributed by atoms with Gasteiger partial charge in [-0.2, -0.15) is 0 Å². The van der Waals surface area contributed by atoms with Crippen LogP contribution >= 0.6 is 11.6 Å². The first-order valence-electron chi connectivity index (χ1n) is 6.60. The van der Waals surface area contributed by atoms with E-state index in [9.17, 15) is 4.79 Å². The molecule has 2 N–H and O–H groups in total. The van der Waals surface area contributed by atoms with Crippen molar-refractivity contribution in [3.8, 4) is 0 Å². The molecular weight excluding hydrogens is 264 g/mol. The average Bonchev–Trinajstić information content (AvgIpc) is 3.18. The van der Waals surface area contributed by atoms with E-state index in [1.165, 1.54) is 0 Å². The summed E-state index contributed by atoms with van der Waals surface area (Å²) in [6, 6.07) is 0.437. The Kier molecular flexibility index (Phi) is 4.58. The molecule has 1 saturated carbocycles. The molecule has 1 aliphatic rings. The van der Waals surface area contributed by atoms with E-state index in [1.807, 2.05) is 13.8 Å². The molecule has 0 bridgehead atoms. The lowest BCUT2D eigenvalue weighted by molar-refractivity contribution is -0.121. The van der Waals surface area contributed by atoms with Crippen molar-refractivity contribution in [1.29, 1.82) is 0 Å². The maximum atomic E-state index is 11.5. The molecule has 1 heterocycles. The Labute approximate surface area is 118 Å². The first kappa shape index (κ1) is 14.1. The minimum Gasteiger partial charge on any atom is -0.368 e. The number of hydrogen-bond acceptors (Lipinski definition) is 4. The van der Waals surface area contributed by atoms with Crippen LogP contribution in [0.1, 0.15) is 36.8 Å². The average molecular weight is 283 g/mol. The van der Waals surface area contributed by atoms with Crippen molar-refractivity contribution >= 4 is 23.3 Å². The van der Waals surface area contributed by atoms with Crippen molar-refractivity contribution < 1.29 is 4.79 Å². The number of carbonyl (C=O) groups excluding carboxylic acids is 1. The fraction of sp³-hybridized carbons (Fsp3) is 0.615. The van der Waals surface area contributed by atoms with Gasteiger partial charge >= 0.3 is 0 Å². The van der Waals surface area contributed by atoms with Crippen molar-refractivity contribution in [1.82, 2.24) is 15.5 Å². The summed E-state index contributed by atoms with van der Waals surface area (Å²) in [6.07, 6.45) is 3.58. The largest absolute Gasteiger partial charge is 0.368 e. The van der Waals surface area contributed by atoms with E-state index in [-0.39, 0.29) is 5.91 Å². The number of carbonyl (C=O) groups is 1. The molecular formula is C13H19ClN4O. The zero-order chi connectivity index (χ0) is 13.8. The highest BCUT2D eigenvalue weighted by atomic mass is 35.5. The number of nitrogens with zero attached hydrogens (tertiary/aromatic N) is 2. The van der Waals surface area contributed by atoms with E-state index >= 15 is 0 Å². The third-order valence-corrected chi connectivity index (χ3v) is 3.64. The standard InChI is InChI=1S/C13H19ClN4O/c1-8-9(2)13(18-17-12(8)14)15-7-3-4-11(19)16-10-5-6-10/h10H,3-7H2,1-2H3,(H,15,18)(H,16,19). The highest BCUT2D eigenvalue weighted by Gasteiger charge is 2.22. The number of aromatic nitrogens is 2. The van der Waals surface area contributed by atoms with Gasteiger partial charge in [0.05, 0.1) is 0 Å². The Balaban J connectivity index is 1.73. The monoisotopic (exact) mass is 282 g/mol. The van der Waals surface area contributed by atoms with E-state index in [4.69, 9.17) is 11.6 Å². The minimum absolute atomic E-state index is 0.138. The molecule has 1 aromatic rings. The van der Waals surface area contributed by atoms with Gasteiger partial charge in [-0.3, -0.25) is 4.79 Å². The van der Waals surface area contributed by atoms with E-state index in [2.05, 4.69) is 20.8 Å². The minimum atomic E-state index is 0.138. The van der Waals surface area contributed by atoms with Crippen LogP contribution in [0.15, 0.2) is 0 Å². The molecule has 0 unspecified atom stereocenters. The highest BCUT2D eigenvalue weighted by Crippen LogP contribution is 2.20. The van der Waals surface area contributed by atoms with Gasteiger partial charge in [-0.1, -0.05) is 11.6 Å².